The number of hydrogen-bond donors (Lipinski definition) is 2. The van der Waals surface area contributed by atoms with Gasteiger partial charge in [0, 0.05) is 12.1 Å². The molecule has 0 aliphatic carbocycles. The molecule has 0 aromatic heterocycles. The quantitative estimate of drug-likeness (QED) is 0.758. The van der Waals surface area contributed by atoms with Crippen LogP contribution in [0.25, 0.3) is 0 Å². The molecule has 1 aliphatic rings. The van der Waals surface area contributed by atoms with Crippen molar-refractivity contribution < 1.29 is 19.5 Å². The summed E-state index contributed by atoms with van der Waals surface area (Å²) in [5.41, 5.74) is 5.84. The fourth-order valence-electron chi connectivity index (χ4n) is 1.60. The lowest BCUT2D eigenvalue weighted by atomic mass is 10.2. The second kappa shape index (κ2) is 5.74. The van der Waals surface area contributed by atoms with Crippen LogP contribution < -0.4 is 16.2 Å². The van der Waals surface area contributed by atoms with Gasteiger partial charge in [0.05, 0.1) is 5.97 Å². The molecule has 2 rings (SSSR count). The van der Waals surface area contributed by atoms with E-state index in [9.17, 15) is 19.5 Å². The molecule has 20 heavy (non-hydrogen) atoms. The summed E-state index contributed by atoms with van der Waals surface area (Å²) in [5, 5.41) is 12.7. The van der Waals surface area contributed by atoms with E-state index in [4.69, 9.17) is 5.73 Å². The minimum atomic E-state index is -1.29. The Morgan fingerprint density at radius 2 is 2.00 bits per heavy atom. The molecule has 3 N–H and O–H groups in total. The van der Waals surface area contributed by atoms with E-state index in [1.54, 1.807) is 0 Å². The first-order valence-corrected chi connectivity index (χ1v) is 6.49. The number of rotatable bonds is 4. The number of aromatic carboxylic acids is 1. The van der Waals surface area contributed by atoms with E-state index >= 15 is 0 Å². The molecule has 104 valence electrons. The van der Waals surface area contributed by atoms with E-state index in [1.165, 1.54) is 24.3 Å². The zero-order chi connectivity index (χ0) is 14.7. The normalized spacial score (nSPS) is 17.7. The average Bonchev–Trinajstić information content (AvgIpc) is 2.68. The predicted molar refractivity (Wildman–Crippen MR) is 72.0 cm³/mol. The number of carbonyl (C=O) groups excluding carboxylic acids is 3. The summed E-state index contributed by atoms with van der Waals surface area (Å²) >= 11 is 1.05. The third kappa shape index (κ3) is 3.35. The SMILES string of the molecule is NC1=NC(=O)[C@@H](CC(=O)Nc2ccc(C(=O)[O-])cc2)S1. The number of nitrogens with one attached hydrogen (secondary N) is 1. The van der Waals surface area contributed by atoms with E-state index < -0.39 is 17.1 Å². The zero-order valence-corrected chi connectivity index (χ0v) is 11.0. The summed E-state index contributed by atoms with van der Waals surface area (Å²) in [4.78, 5) is 37.2. The second-order valence-electron chi connectivity index (χ2n) is 4.01. The summed E-state index contributed by atoms with van der Waals surface area (Å²) in [6.45, 7) is 0. The fraction of sp³-hybridized carbons (Fsp3) is 0.167. The first-order valence-electron chi connectivity index (χ1n) is 5.61. The molecule has 1 atom stereocenters. The van der Waals surface area contributed by atoms with Gasteiger partial charge in [-0.25, -0.2) is 0 Å². The highest BCUT2D eigenvalue weighted by Crippen LogP contribution is 2.23. The van der Waals surface area contributed by atoms with Gasteiger partial charge >= 0.3 is 0 Å². The van der Waals surface area contributed by atoms with Gasteiger partial charge in [-0.15, -0.1) is 0 Å². The first kappa shape index (κ1) is 14.1. The molecule has 0 saturated heterocycles. The monoisotopic (exact) mass is 292 g/mol. The Balaban J connectivity index is 1.92. The standard InChI is InChI=1S/C12H11N3O4S/c13-12-15-10(17)8(20-12)5-9(16)14-7-3-1-6(2-4-7)11(18)19/h1-4,8H,5H2,(H,14,16)(H,18,19)(H2,13,15,17)/p-1/t8-/m1/s1. The van der Waals surface area contributed by atoms with Crippen molar-refractivity contribution in [3.05, 3.63) is 29.8 Å². The summed E-state index contributed by atoms with van der Waals surface area (Å²) in [5.74, 6) is -2.08. The molecule has 1 aromatic rings. The van der Waals surface area contributed by atoms with Crippen LogP contribution in [0.2, 0.25) is 0 Å². The first-order chi connectivity index (χ1) is 9.45. The van der Waals surface area contributed by atoms with Gasteiger partial charge in [-0.2, -0.15) is 4.99 Å². The van der Waals surface area contributed by atoms with E-state index in [0.717, 1.165) is 11.8 Å². The number of benzene rings is 1. The van der Waals surface area contributed by atoms with Crippen LogP contribution in [0.4, 0.5) is 5.69 Å². The number of thioether (sulfide) groups is 1. The van der Waals surface area contributed by atoms with Crippen molar-refractivity contribution >= 4 is 40.4 Å². The molecular weight excluding hydrogens is 282 g/mol. The Bertz CT molecular complexity index is 597. The molecule has 8 heteroatoms. The number of amidine groups is 1. The highest BCUT2D eigenvalue weighted by Gasteiger charge is 2.29. The molecule has 7 nitrogen and oxygen atoms in total. The molecule has 0 saturated carbocycles. The minimum absolute atomic E-state index is 0.0192. The molecule has 2 amide bonds. The van der Waals surface area contributed by atoms with Crippen LogP contribution in [-0.4, -0.2) is 28.2 Å². The van der Waals surface area contributed by atoms with Gasteiger partial charge in [0.25, 0.3) is 5.91 Å². The molecular formula is C12H10N3O4S-. The second-order valence-corrected chi connectivity index (χ2v) is 5.23. The van der Waals surface area contributed by atoms with E-state index in [-0.39, 0.29) is 23.1 Å². The number of amides is 2. The van der Waals surface area contributed by atoms with Crippen molar-refractivity contribution in [1.29, 1.82) is 0 Å². The zero-order valence-electron chi connectivity index (χ0n) is 10.2. The molecule has 0 bridgehead atoms. The van der Waals surface area contributed by atoms with Crippen molar-refractivity contribution in [3.63, 3.8) is 0 Å². The number of nitrogens with zero attached hydrogens (tertiary/aromatic N) is 1. The van der Waals surface area contributed by atoms with E-state index in [0.29, 0.717) is 5.69 Å². The highest BCUT2D eigenvalue weighted by atomic mass is 32.2. The number of carboxylic acid groups (broad SMARTS) is 1. The summed E-state index contributed by atoms with van der Waals surface area (Å²) in [6, 6.07) is 5.53. The molecule has 0 spiro atoms. The van der Waals surface area contributed by atoms with Crippen molar-refractivity contribution in [1.82, 2.24) is 0 Å². The van der Waals surface area contributed by atoms with Gasteiger partial charge in [0.1, 0.15) is 5.25 Å². The molecule has 0 unspecified atom stereocenters. The number of carboxylic acids is 1. The largest absolute Gasteiger partial charge is 0.545 e. The summed E-state index contributed by atoms with van der Waals surface area (Å²) in [7, 11) is 0. The van der Waals surface area contributed by atoms with Crippen molar-refractivity contribution in [3.8, 4) is 0 Å². The lowest BCUT2D eigenvalue weighted by Crippen LogP contribution is -2.23. The van der Waals surface area contributed by atoms with Crippen molar-refractivity contribution in [2.75, 3.05) is 5.32 Å². The van der Waals surface area contributed by atoms with Crippen LogP contribution >= 0.6 is 11.8 Å². The topological polar surface area (TPSA) is 125 Å². The van der Waals surface area contributed by atoms with Crippen LogP contribution in [0, 0.1) is 0 Å². The fourth-order valence-corrected chi connectivity index (χ4v) is 2.42. The van der Waals surface area contributed by atoms with Gasteiger partial charge in [0.15, 0.2) is 5.17 Å². The summed E-state index contributed by atoms with van der Waals surface area (Å²) < 4.78 is 0. The third-order valence-electron chi connectivity index (χ3n) is 2.53. The van der Waals surface area contributed by atoms with Gasteiger partial charge < -0.3 is 21.0 Å². The van der Waals surface area contributed by atoms with Gasteiger partial charge in [-0.1, -0.05) is 23.9 Å². The predicted octanol–water partition coefficient (Wildman–Crippen LogP) is -0.665. The smallest absolute Gasteiger partial charge is 0.262 e. The Hall–Kier alpha value is -2.35. The van der Waals surface area contributed by atoms with Crippen LogP contribution in [0.3, 0.4) is 0 Å². The van der Waals surface area contributed by atoms with Crippen molar-refractivity contribution in [2.24, 2.45) is 10.7 Å². The molecule has 1 aromatic carbocycles. The van der Waals surface area contributed by atoms with Crippen LogP contribution in [0.5, 0.6) is 0 Å². The Labute approximate surface area is 118 Å². The van der Waals surface area contributed by atoms with E-state index in [1.807, 2.05) is 0 Å². The number of nitrogens with two attached hydrogens (primary N) is 1. The molecule has 0 radical (unpaired) electrons. The average molecular weight is 292 g/mol. The number of aliphatic imine (C=N–C) groups is 1. The third-order valence-corrected chi connectivity index (χ3v) is 3.52. The van der Waals surface area contributed by atoms with Gasteiger partial charge in [-0.05, 0) is 17.7 Å². The Morgan fingerprint density at radius 3 is 2.50 bits per heavy atom. The van der Waals surface area contributed by atoms with Crippen LogP contribution in [0.15, 0.2) is 29.3 Å². The maximum absolute atomic E-state index is 11.7. The van der Waals surface area contributed by atoms with Gasteiger partial charge in [-0.3, -0.25) is 9.59 Å². The maximum Gasteiger partial charge on any atom is 0.262 e. The molecule has 0 fully saturated rings. The number of anilines is 1. The Morgan fingerprint density at radius 1 is 1.35 bits per heavy atom. The van der Waals surface area contributed by atoms with Crippen LogP contribution in [-0.2, 0) is 9.59 Å². The highest BCUT2D eigenvalue weighted by molar-refractivity contribution is 8.15. The lowest BCUT2D eigenvalue weighted by molar-refractivity contribution is -0.255. The van der Waals surface area contributed by atoms with E-state index in [2.05, 4.69) is 10.3 Å². The molecule has 1 heterocycles. The number of hydrogen-bond acceptors (Lipinski definition) is 6. The minimum Gasteiger partial charge on any atom is -0.545 e. The maximum atomic E-state index is 11.7. The number of carbonyl (C=O) groups is 3. The Kier molecular flexibility index (Phi) is 4.04. The molecule has 1 aliphatic heterocycles. The van der Waals surface area contributed by atoms with Crippen molar-refractivity contribution in [2.45, 2.75) is 11.7 Å². The lowest BCUT2D eigenvalue weighted by Gasteiger charge is -2.09. The summed E-state index contributed by atoms with van der Waals surface area (Å²) in [6.07, 6.45) is -0.0457. The van der Waals surface area contributed by atoms with Crippen LogP contribution in [0.1, 0.15) is 16.8 Å². The van der Waals surface area contributed by atoms with Gasteiger partial charge in [0.2, 0.25) is 5.91 Å².